The van der Waals surface area contributed by atoms with Crippen molar-refractivity contribution in [3.8, 4) is 44.0 Å². The molecular weight excluding hydrogens is 523 g/mol. The summed E-state index contributed by atoms with van der Waals surface area (Å²) in [5.41, 5.74) is 9.63. The molecule has 2 heterocycles. The Bertz CT molecular complexity index is 2100. The fourth-order valence-electron chi connectivity index (χ4n) is 5.52. The number of rotatable bonds is 4. The van der Waals surface area contributed by atoms with Crippen LogP contribution in [0.25, 0.3) is 74.3 Å². The number of hydrogen-bond donors (Lipinski definition) is 0. The van der Waals surface area contributed by atoms with E-state index in [0.717, 1.165) is 10.5 Å². The first-order valence-corrected chi connectivity index (χ1v) is 15.0. The van der Waals surface area contributed by atoms with Crippen LogP contribution in [0.4, 0.5) is 0 Å². The molecule has 6 aromatic carbocycles. The molecule has 0 N–H and O–H groups in total. The Balaban J connectivity index is 1.22. The Kier molecular flexibility index (Phi) is 5.58. The third kappa shape index (κ3) is 4.03. The summed E-state index contributed by atoms with van der Waals surface area (Å²) in [5, 5.41) is 3.68. The molecule has 188 valence electrons. The molecule has 0 fully saturated rings. The van der Waals surface area contributed by atoms with Crippen LogP contribution in [0.1, 0.15) is 0 Å². The average molecular weight is 546 g/mol. The van der Waals surface area contributed by atoms with Gasteiger partial charge in [0.05, 0.1) is 10.2 Å². The molecule has 0 aliphatic rings. The number of para-hydroxylation sites is 1. The number of benzene rings is 6. The third-order valence-corrected chi connectivity index (χ3v) is 9.73. The molecule has 1 nitrogen and oxygen atoms in total. The summed E-state index contributed by atoms with van der Waals surface area (Å²) in [6.45, 7) is 0. The Labute approximate surface area is 240 Å². The van der Waals surface area contributed by atoms with Crippen LogP contribution >= 0.6 is 22.7 Å². The number of aromatic nitrogens is 1. The highest BCUT2D eigenvalue weighted by atomic mass is 32.1. The topological polar surface area (TPSA) is 12.9 Å². The average Bonchev–Trinajstić information content (AvgIpc) is 3.63. The second kappa shape index (κ2) is 9.56. The van der Waals surface area contributed by atoms with Crippen molar-refractivity contribution in [2.75, 3.05) is 0 Å². The summed E-state index contributed by atoms with van der Waals surface area (Å²) in [6, 6.07) is 50.2. The van der Waals surface area contributed by atoms with Crippen molar-refractivity contribution in [2.45, 2.75) is 0 Å². The van der Waals surface area contributed by atoms with Gasteiger partial charge >= 0.3 is 0 Å². The van der Waals surface area contributed by atoms with E-state index in [1.165, 1.54) is 63.8 Å². The lowest BCUT2D eigenvalue weighted by atomic mass is 9.96. The van der Waals surface area contributed by atoms with E-state index < -0.39 is 0 Å². The van der Waals surface area contributed by atoms with E-state index in [9.17, 15) is 0 Å². The molecule has 2 aromatic heterocycles. The van der Waals surface area contributed by atoms with E-state index in [-0.39, 0.29) is 0 Å². The van der Waals surface area contributed by atoms with Crippen LogP contribution in [0.3, 0.4) is 0 Å². The van der Waals surface area contributed by atoms with E-state index >= 15 is 0 Å². The summed E-state index contributed by atoms with van der Waals surface area (Å²) in [6.07, 6.45) is 0. The molecule has 0 radical (unpaired) electrons. The Morgan fingerprint density at radius 2 is 0.950 bits per heavy atom. The number of thiazole rings is 1. The van der Waals surface area contributed by atoms with Crippen LogP contribution in [0.15, 0.2) is 140 Å². The van der Waals surface area contributed by atoms with Gasteiger partial charge in [0.15, 0.2) is 0 Å². The van der Waals surface area contributed by atoms with E-state index in [1.807, 2.05) is 11.3 Å². The van der Waals surface area contributed by atoms with Crippen molar-refractivity contribution in [3.05, 3.63) is 140 Å². The summed E-state index contributed by atoms with van der Waals surface area (Å²) < 4.78 is 3.83. The van der Waals surface area contributed by atoms with Crippen LogP contribution in [0.2, 0.25) is 0 Å². The lowest BCUT2D eigenvalue weighted by Gasteiger charge is -2.09. The largest absolute Gasteiger partial charge is 0.236 e. The van der Waals surface area contributed by atoms with Crippen molar-refractivity contribution in [1.29, 1.82) is 0 Å². The lowest BCUT2D eigenvalue weighted by Crippen LogP contribution is -1.84. The minimum absolute atomic E-state index is 1.06. The molecule has 0 spiro atoms. The van der Waals surface area contributed by atoms with E-state index in [4.69, 9.17) is 4.98 Å². The monoisotopic (exact) mass is 545 g/mol. The summed E-state index contributed by atoms with van der Waals surface area (Å²) in [5.74, 6) is 0. The van der Waals surface area contributed by atoms with Crippen LogP contribution in [0.5, 0.6) is 0 Å². The second-order valence-electron chi connectivity index (χ2n) is 10.0. The SMILES string of the molecule is c1ccc(-c2ccc(-c3ccc(-c4cc(-c5nc6ccccc6s5)c5c(c4)sc4ccccc45)cc3)cc2)cc1. The Morgan fingerprint density at radius 1 is 0.400 bits per heavy atom. The Morgan fingerprint density at radius 3 is 1.62 bits per heavy atom. The molecule has 0 bridgehead atoms. The maximum Gasteiger partial charge on any atom is 0.125 e. The first kappa shape index (κ1) is 23.3. The number of nitrogens with zero attached hydrogens (tertiary/aromatic N) is 1. The van der Waals surface area contributed by atoms with E-state index in [0.29, 0.717) is 0 Å². The zero-order valence-corrected chi connectivity index (χ0v) is 23.2. The lowest BCUT2D eigenvalue weighted by molar-refractivity contribution is 1.49. The summed E-state index contributed by atoms with van der Waals surface area (Å²) in [4.78, 5) is 5.06. The smallest absolute Gasteiger partial charge is 0.125 e. The fourth-order valence-corrected chi connectivity index (χ4v) is 7.68. The van der Waals surface area contributed by atoms with Crippen molar-refractivity contribution in [1.82, 2.24) is 4.98 Å². The minimum atomic E-state index is 1.06. The van der Waals surface area contributed by atoms with Gasteiger partial charge < -0.3 is 0 Å². The van der Waals surface area contributed by atoms with Crippen LogP contribution in [-0.4, -0.2) is 4.98 Å². The van der Waals surface area contributed by atoms with Crippen molar-refractivity contribution >= 4 is 53.1 Å². The van der Waals surface area contributed by atoms with E-state index in [2.05, 4.69) is 140 Å². The van der Waals surface area contributed by atoms with Crippen LogP contribution in [0, 0.1) is 0 Å². The molecule has 3 heteroatoms. The molecule has 0 aliphatic carbocycles. The van der Waals surface area contributed by atoms with Crippen LogP contribution in [-0.2, 0) is 0 Å². The predicted octanol–water partition coefficient (Wildman–Crippen LogP) is 11.3. The molecule has 8 aromatic rings. The maximum absolute atomic E-state index is 5.06. The zero-order valence-electron chi connectivity index (χ0n) is 21.5. The van der Waals surface area contributed by atoms with Gasteiger partial charge in [-0.15, -0.1) is 22.7 Å². The van der Waals surface area contributed by atoms with Gasteiger partial charge in [0, 0.05) is 25.7 Å². The quantitative estimate of drug-likeness (QED) is 0.214. The molecular formula is C37H23NS2. The number of fused-ring (bicyclic) bond motifs is 4. The number of thiophene rings is 1. The van der Waals surface area contributed by atoms with Gasteiger partial charge in [-0.1, -0.05) is 109 Å². The van der Waals surface area contributed by atoms with Gasteiger partial charge in [-0.25, -0.2) is 4.98 Å². The molecule has 8 rings (SSSR count). The highest BCUT2D eigenvalue weighted by molar-refractivity contribution is 7.26. The van der Waals surface area contributed by atoms with Gasteiger partial charge in [-0.05, 0) is 63.7 Å². The van der Waals surface area contributed by atoms with Gasteiger partial charge in [-0.3, -0.25) is 0 Å². The maximum atomic E-state index is 5.06. The molecule has 40 heavy (non-hydrogen) atoms. The first-order valence-electron chi connectivity index (χ1n) is 13.4. The molecule has 0 unspecified atom stereocenters. The molecule has 0 amide bonds. The predicted molar refractivity (Wildman–Crippen MR) is 174 cm³/mol. The highest BCUT2D eigenvalue weighted by Gasteiger charge is 2.16. The molecule has 0 saturated heterocycles. The number of hydrogen-bond acceptors (Lipinski definition) is 3. The second-order valence-corrected chi connectivity index (χ2v) is 12.1. The van der Waals surface area contributed by atoms with Crippen molar-refractivity contribution in [2.24, 2.45) is 0 Å². The zero-order chi connectivity index (χ0) is 26.5. The highest BCUT2D eigenvalue weighted by Crippen LogP contribution is 2.44. The fraction of sp³-hybridized carbons (Fsp3) is 0. The normalized spacial score (nSPS) is 11.5. The first-order chi connectivity index (χ1) is 19.8. The minimum Gasteiger partial charge on any atom is -0.236 e. The van der Waals surface area contributed by atoms with E-state index in [1.54, 1.807) is 11.3 Å². The standard InChI is InChI=1S/C37H23NS2/c1-2-8-24(9-3-1)25-14-16-26(17-15-25)27-18-20-28(21-19-27)29-22-31(37-38-32-11-5-7-13-34(32)40-37)36-30-10-4-6-12-33(30)39-35(36)23-29/h1-23H. The van der Waals surface area contributed by atoms with Gasteiger partial charge in [0.2, 0.25) is 0 Å². The molecule has 0 aliphatic heterocycles. The van der Waals surface area contributed by atoms with Crippen molar-refractivity contribution < 1.29 is 0 Å². The molecule has 0 saturated carbocycles. The molecule has 0 atom stereocenters. The third-order valence-electron chi connectivity index (χ3n) is 7.55. The van der Waals surface area contributed by atoms with Gasteiger partial charge in [0.25, 0.3) is 0 Å². The Hall–Kier alpha value is -4.57. The van der Waals surface area contributed by atoms with Crippen molar-refractivity contribution in [3.63, 3.8) is 0 Å². The van der Waals surface area contributed by atoms with Gasteiger partial charge in [-0.2, -0.15) is 0 Å². The summed E-state index contributed by atoms with van der Waals surface area (Å²) >= 11 is 3.64. The summed E-state index contributed by atoms with van der Waals surface area (Å²) in [7, 11) is 0. The van der Waals surface area contributed by atoms with Crippen LogP contribution < -0.4 is 0 Å². The van der Waals surface area contributed by atoms with Gasteiger partial charge in [0.1, 0.15) is 5.01 Å².